The highest BCUT2D eigenvalue weighted by molar-refractivity contribution is 7.90. The summed E-state index contributed by atoms with van der Waals surface area (Å²) in [7, 11) is -7.58. The summed E-state index contributed by atoms with van der Waals surface area (Å²) in [6, 6.07) is 31.7. The summed E-state index contributed by atoms with van der Waals surface area (Å²) in [6.07, 6.45) is 9.72. The summed E-state index contributed by atoms with van der Waals surface area (Å²) >= 11 is 18.6. The Labute approximate surface area is 447 Å². The van der Waals surface area contributed by atoms with E-state index in [9.17, 15) is 30.0 Å². The average molecular weight is 1120 g/mol. The van der Waals surface area contributed by atoms with E-state index in [4.69, 9.17) is 50.4 Å². The Morgan fingerprint density at radius 3 is 1.53 bits per heavy atom. The molecule has 4 N–H and O–H groups in total. The first-order chi connectivity index (χ1) is 35.1. The highest BCUT2D eigenvalue weighted by Gasteiger charge is 2.38. The van der Waals surface area contributed by atoms with E-state index in [-0.39, 0.29) is 33.6 Å². The number of para-hydroxylation sites is 2. The highest BCUT2D eigenvalue weighted by Crippen LogP contribution is 2.38. The lowest BCUT2D eigenvalue weighted by Gasteiger charge is -2.24. The Balaban J connectivity index is 0.000000192. The number of halogens is 6. The molecule has 4 aromatic carbocycles. The van der Waals surface area contributed by atoms with E-state index in [0.717, 1.165) is 37.5 Å². The van der Waals surface area contributed by atoms with Crippen LogP contribution in [0.15, 0.2) is 168 Å². The molecule has 2 aliphatic rings. The van der Waals surface area contributed by atoms with Crippen LogP contribution in [0.2, 0.25) is 15.3 Å². The van der Waals surface area contributed by atoms with E-state index in [1.165, 1.54) is 50.7 Å². The van der Waals surface area contributed by atoms with Gasteiger partial charge < -0.3 is 16.2 Å². The summed E-state index contributed by atoms with van der Waals surface area (Å²) in [4.78, 5) is 26.4. The second-order valence-corrected chi connectivity index (χ2v) is 22.0. The molecule has 2 fully saturated rings. The van der Waals surface area contributed by atoms with Crippen LogP contribution in [0.4, 0.5) is 19.1 Å². The van der Waals surface area contributed by atoms with E-state index in [1.54, 1.807) is 91.3 Å². The molecule has 0 unspecified atom stereocenters. The van der Waals surface area contributed by atoms with Crippen molar-refractivity contribution in [2.24, 2.45) is 5.73 Å². The van der Waals surface area contributed by atoms with Crippen LogP contribution in [0, 0.1) is 0 Å². The first kappa shape index (κ1) is 57.7. The third-order valence-corrected chi connectivity index (χ3v) is 15.9. The number of anilines is 1. The molecule has 0 saturated heterocycles. The van der Waals surface area contributed by atoms with E-state index in [2.05, 4.69) is 38.4 Å². The molecule has 0 amide bonds. The number of aliphatic carboxylic acids is 1. The summed E-state index contributed by atoms with van der Waals surface area (Å²) in [5, 5.41) is 12.6. The summed E-state index contributed by atoms with van der Waals surface area (Å²) < 4.78 is 87.3. The van der Waals surface area contributed by atoms with Crippen molar-refractivity contribution in [1.82, 2.24) is 27.9 Å². The zero-order valence-corrected chi connectivity index (χ0v) is 43.2. The molecule has 0 bridgehead atoms. The van der Waals surface area contributed by atoms with Gasteiger partial charge in [0, 0.05) is 46.4 Å². The predicted molar refractivity (Wildman–Crippen MR) is 290 cm³/mol. The molecule has 0 aliphatic heterocycles. The number of rotatable bonds is 8. The van der Waals surface area contributed by atoms with Gasteiger partial charge in [-0.25, -0.2) is 49.5 Å². The van der Waals surface area contributed by atoms with Gasteiger partial charge in [0.05, 0.1) is 54.7 Å². The van der Waals surface area contributed by atoms with E-state index in [0.29, 0.717) is 55.9 Å². The van der Waals surface area contributed by atoms with Gasteiger partial charge in [0.15, 0.2) is 0 Å². The molecule has 4 aromatic heterocycles. The number of carboxylic acids is 1. The largest absolute Gasteiger partial charge is 0.490 e. The molecule has 2 saturated carbocycles. The van der Waals surface area contributed by atoms with Gasteiger partial charge in [0.25, 0.3) is 20.0 Å². The van der Waals surface area contributed by atoms with E-state index in [1.807, 2.05) is 30.3 Å². The van der Waals surface area contributed by atoms with Crippen molar-refractivity contribution in [3.05, 3.63) is 174 Å². The van der Waals surface area contributed by atoms with Crippen molar-refractivity contribution in [3.63, 3.8) is 0 Å². The lowest BCUT2D eigenvalue weighted by atomic mass is 9.92. The minimum absolute atomic E-state index is 0. The fraction of sp³-hybridized carbons (Fsp3) is 0.226. The number of nitrogens with one attached hydrogen (secondary N) is 1. The maximum atomic E-state index is 13.4. The number of aromatic nitrogens is 6. The molecule has 8 aromatic rings. The monoisotopic (exact) mass is 1120 g/mol. The van der Waals surface area contributed by atoms with Gasteiger partial charge in [-0.05, 0) is 99.4 Å². The molecule has 0 spiro atoms. The van der Waals surface area contributed by atoms with Gasteiger partial charge in [-0.15, -0.1) is 0 Å². The Kier molecular flexibility index (Phi) is 19.1. The van der Waals surface area contributed by atoms with Gasteiger partial charge in [0.2, 0.25) is 11.2 Å². The van der Waals surface area contributed by atoms with Gasteiger partial charge >= 0.3 is 12.1 Å². The van der Waals surface area contributed by atoms with Crippen LogP contribution in [-0.4, -0.2) is 74.1 Å². The van der Waals surface area contributed by atoms with Gasteiger partial charge in [-0.2, -0.15) is 13.2 Å². The van der Waals surface area contributed by atoms with Gasteiger partial charge in [0.1, 0.15) is 0 Å². The van der Waals surface area contributed by atoms with Crippen LogP contribution in [0.1, 0.15) is 58.8 Å². The van der Waals surface area contributed by atoms with E-state index >= 15 is 0 Å². The number of carbonyl (C=O) groups is 1. The quantitative estimate of drug-likeness (QED) is 0.0960. The standard InChI is InChI=1S/C25H23ClN4O2S.C18H11Cl2N3O2S.C7H13N.C2HF3O2.CH4/c1-17-8-7-9-18(14-17)28-25-27-15-22(26)24(29-25)21-16-30(23-13-6-5-12-20(21)23)33(31,32)19-10-3-2-4-11-19;19-15-10-21-18(20)22-17(15)14-11-23(16-9-5-4-8-13(14)16)26(24,25)12-6-2-1-3-7-12;1-6-3-2-4-7(8)5-6;3-2(4,5)1(6)7;/h2-6,10-13,15-16,18H,1,7-9,14H2,(H,27,28,29);1-11H;7H,1-5,8H2;(H,6,7);1H4/t18-;;7-;;/m1.1../s1. The van der Waals surface area contributed by atoms with Crippen LogP contribution in [0.3, 0.4) is 0 Å². The summed E-state index contributed by atoms with van der Waals surface area (Å²) in [5.41, 5.74) is 11.4. The second kappa shape index (κ2) is 24.8. The fourth-order valence-electron chi connectivity index (χ4n) is 8.29. The number of nitrogens with two attached hydrogens (primary N) is 1. The lowest BCUT2D eigenvalue weighted by Crippen LogP contribution is -2.24. The minimum Gasteiger partial charge on any atom is -0.475 e. The fourth-order valence-corrected chi connectivity index (χ4v) is 11.6. The normalized spacial score (nSPS) is 15.8. The van der Waals surface area contributed by atoms with Crippen LogP contribution in [0.5, 0.6) is 0 Å². The molecule has 14 nitrogen and oxygen atoms in total. The number of nitrogens with zero attached hydrogens (tertiary/aromatic N) is 6. The molecule has 10 rings (SSSR count). The van der Waals surface area contributed by atoms with Crippen molar-refractivity contribution in [1.29, 1.82) is 0 Å². The van der Waals surface area contributed by atoms with Gasteiger partial charge in [-0.3, -0.25) is 0 Å². The number of carboxylic acid groups (broad SMARTS) is 1. The zero-order chi connectivity index (χ0) is 53.4. The second-order valence-electron chi connectivity index (χ2n) is 17.2. The smallest absolute Gasteiger partial charge is 0.475 e. The molecule has 4 heterocycles. The van der Waals surface area contributed by atoms with Gasteiger partial charge in [-0.1, -0.05) is 128 Å². The Bertz CT molecular complexity index is 3560. The van der Waals surface area contributed by atoms with Crippen LogP contribution in [-0.2, 0) is 24.8 Å². The lowest BCUT2D eigenvalue weighted by molar-refractivity contribution is -0.192. The third-order valence-electron chi connectivity index (χ3n) is 11.8. The zero-order valence-electron chi connectivity index (χ0n) is 39.3. The predicted octanol–water partition coefficient (Wildman–Crippen LogP) is 13.3. The molecule has 22 heteroatoms. The molecule has 2 aliphatic carbocycles. The highest BCUT2D eigenvalue weighted by atomic mass is 35.5. The number of alkyl halides is 3. The first-order valence-electron chi connectivity index (χ1n) is 22.8. The SMILES string of the molecule is C.C=C1CCC[C@@H](N)C1.C=C1CCC[C@@H](Nc2ncc(Cl)c(-c3cn(S(=O)(=O)c4ccccc4)c4ccccc34)n2)C1.O=C(O)C(F)(F)F.O=S(=O)(c1ccccc1)n1cc(-c2nc(Cl)ncc2Cl)c2ccccc21. The Hall–Kier alpha value is -6.61. The van der Waals surface area contributed by atoms with Crippen molar-refractivity contribution in [2.45, 2.75) is 86.8 Å². The van der Waals surface area contributed by atoms with Crippen LogP contribution >= 0.6 is 34.8 Å². The molecule has 2 atom stereocenters. The first-order valence-corrected chi connectivity index (χ1v) is 26.8. The topological polar surface area (TPSA) is 205 Å². The summed E-state index contributed by atoms with van der Waals surface area (Å²) in [6.45, 7) is 7.99. The molecular formula is C53H52Cl3F3N8O6S2. The van der Waals surface area contributed by atoms with Crippen molar-refractivity contribution < 1.29 is 39.9 Å². The Morgan fingerprint density at radius 1 is 0.667 bits per heavy atom. The van der Waals surface area contributed by atoms with Crippen LogP contribution in [0.25, 0.3) is 44.3 Å². The molecule has 0 radical (unpaired) electrons. The summed E-state index contributed by atoms with van der Waals surface area (Å²) in [5.74, 6) is -2.29. The number of hydrogen-bond acceptors (Lipinski definition) is 11. The van der Waals surface area contributed by atoms with Crippen molar-refractivity contribution in [3.8, 4) is 22.5 Å². The minimum atomic E-state index is -5.08. The van der Waals surface area contributed by atoms with E-state index < -0.39 is 32.2 Å². The number of hydrogen-bond donors (Lipinski definition) is 3. The average Bonchev–Trinajstić information content (AvgIpc) is 3.97. The van der Waals surface area contributed by atoms with Crippen molar-refractivity contribution >= 4 is 88.6 Å². The number of benzene rings is 4. The maximum absolute atomic E-state index is 13.4. The Morgan fingerprint density at radius 2 is 1.09 bits per heavy atom. The molecule has 394 valence electrons. The van der Waals surface area contributed by atoms with Crippen LogP contribution < -0.4 is 11.1 Å². The van der Waals surface area contributed by atoms with Crippen molar-refractivity contribution in [2.75, 3.05) is 5.32 Å². The maximum Gasteiger partial charge on any atom is 0.490 e. The number of fused-ring (bicyclic) bond motifs is 2. The molecular weight excluding hydrogens is 1070 g/mol. The molecule has 75 heavy (non-hydrogen) atoms. The third kappa shape index (κ3) is 14.0.